The van der Waals surface area contributed by atoms with Gasteiger partial charge in [0.2, 0.25) is 0 Å². The largest absolute Gasteiger partial charge is 0.370 e. The van der Waals surface area contributed by atoms with Gasteiger partial charge in [-0.25, -0.2) is 4.98 Å². The minimum Gasteiger partial charge on any atom is -0.370 e. The van der Waals surface area contributed by atoms with Crippen LogP contribution in [0, 0.1) is 17.2 Å². The summed E-state index contributed by atoms with van der Waals surface area (Å²) in [6, 6.07) is 7.55. The van der Waals surface area contributed by atoms with E-state index in [0.717, 1.165) is 38.2 Å². The number of anilines is 1. The Labute approximate surface area is 135 Å². The van der Waals surface area contributed by atoms with E-state index in [9.17, 15) is 10.1 Å². The molecule has 1 aromatic heterocycles. The van der Waals surface area contributed by atoms with Gasteiger partial charge in [0.1, 0.15) is 18.7 Å². The Hall–Kier alpha value is -2.68. The molecule has 6 heteroatoms. The van der Waals surface area contributed by atoms with Gasteiger partial charge in [0.15, 0.2) is 5.78 Å². The summed E-state index contributed by atoms with van der Waals surface area (Å²) >= 11 is 0. The molecule has 1 fully saturated rings. The van der Waals surface area contributed by atoms with E-state index in [1.54, 1.807) is 31.7 Å². The quantitative estimate of drug-likeness (QED) is 0.810. The molecule has 0 spiro atoms. The van der Waals surface area contributed by atoms with E-state index in [2.05, 4.69) is 21.1 Å². The van der Waals surface area contributed by atoms with Gasteiger partial charge >= 0.3 is 0 Å². The number of hydrogen-bond acceptors (Lipinski definition) is 5. The van der Waals surface area contributed by atoms with Crippen LogP contribution in [-0.4, -0.2) is 33.6 Å². The van der Waals surface area contributed by atoms with Crippen LogP contribution in [0.1, 0.15) is 35.7 Å². The number of hydrogen-bond donors (Lipinski definition) is 0. The lowest BCUT2D eigenvalue weighted by atomic mass is 9.96. The summed E-state index contributed by atoms with van der Waals surface area (Å²) in [5, 5.41) is 13.5. The van der Waals surface area contributed by atoms with Crippen molar-refractivity contribution in [2.24, 2.45) is 5.92 Å². The first kappa shape index (κ1) is 15.2. The maximum atomic E-state index is 11.6. The molecule has 0 bridgehead atoms. The van der Waals surface area contributed by atoms with Crippen LogP contribution in [0.25, 0.3) is 0 Å². The van der Waals surface area contributed by atoms with Crippen molar-refractivity contribution in [2.45, 2.75) is 26.3 Å². The SMILES string of the molecule is CC(=O)c1ccc(C#N)c(N2CCCC(Cn3cncn3)C2)c1. The van der Waals surface area contributed by atoms with Gasteiger partial charge in [-0.2, -0.15) is 10.4 Å². The summed E-state index contributed by atoms with van der Waals surface area (Å²) in [6.45, 7) is 4.14. The average molecular weight is 309 g/mol. The first-order chi connectivity index (χ1) is 11.2. The highest BCUT2D eigenvalue weighted by Gasteiger charge is 2.23. The normalized spacial score (nSPS) is 17.7. The van der Waals surface area contributed by atoms with Gasteiger partial charge in [-0.1, -0.05) is 0 Å². The van der Waals surface area contributed by atoms with Gasteiger partial charge in [0.05, 0.1) is 11.3 Å². The average Bonchev–Trinajstić information content (AvgIpc) is 3.07. The van der Waals surface area contributed by atoms with E-state index in [1.165, 1.54) is 0 Å². The maximum absolute atomic E-state index is 11.6. The summed E-state index contributed by atoms with van der Waals surface area (Å²) in [6.07, 6.45) is 5.47. The van der Waals surface area contributed by atoms with E-state index < -0.39 is 0 Å². The van der Waals surface area contributed by atoms with Crippen molar-refractivity contribution in [2.75, 3.05) is 18.0 Å². The van der Waals surface area contributed by atoms with Crippen LogP contribution in [0.15, 0.2) is 30.9 Å². The molecule has 0 saturated carbocycles. The van der Waals surface area contributed by atoms with Crippen LogP contribution in [-0.2, 0) is 6.54 Å². The molecule has 1 aromatic carbocycles. The second-order valence-electron chi connectivity index (χ2n) is 5.97. The standard InChI is InChI=1S/C17H19N5O/c1-13(23)15-4-5-16(8-18)17(7-15)21-6-2-3-14(9-21)10-22-12-19-11-20-22/h4-5,7,11-12,14H,2-3,6,9-10H2,1H3. The van der Waals surface area contributed by atoms with Crippen molar-refractivity contribution in [3.05, 3.63) is 42.0 Å². The predicted octanol–water partition coefficient (Wildman–Crippen LogP) is 2.27. The summed E-state index contributed by atoms with van der Waals surface area (Å²) < 4.78 is 1.85. The molecule has 2 aromatic rings. The molecule has 1 saturated heterocycles. The third-order valence-electron chi connectivity index (χ3n) is 4.30. The highest BCUT2D eigenvalue weighted by molar-refractivity contribution is 5.95. The van der Waals surface area contributed by atoms with E-state index >= 15 is 0 Å². The Morgan fingerprint density at radius 3 is 3.04 bits per heavy atom. The first-order valence-electron chi connectivity index (χ1n) is 7.80. The zero-order chi connectivity index (χ0) is 16.2. The van der Waals surface area contributed by atoms with E-state index in [4.69, 9.17) is 0 Å². The smallest absolute Gasteiger partial charge is 0.159 e. The lowest BCUT2D eigenvalue weighted by molar-refractivity contribution is 0.101. The van der Waals surface area contributed by atoms with Crippen molar-refractivity contribution in [3.63, 3.8) is 0 Å². The number of Topliss-reactive ketones (excluding diaryl/α,β-unsaturated/α-hetero) is 1. The van der Waals surface area contributed by atoms with Gasteiger partial charge in [0.25, 0.3) is 0 Å². The highest BCUT2D eigenvalue weighted by atomic mass is 16.1. The van der Waals surface area contributed by atoms with Crippen LogP contribution in [0.4, 0.5) is 5.69 Å². The fourth-order valence-corrected chi connectivity index (χ4v) is 3.13. The molecule has 3 rings (SSSR count). The Morgan fingerprint density at radius 2 is 2.35 bits per heavy atom. The fourth-order valence-electron chi connectivity index (χ4n) is 3.13. The number of nitriles is 1. The lowest BCUT2D eigenvalue weighted by Gasteiger charge is -2.35. The summed E-state index contributed by atoms with van der Waals surface area (Å²) in [4.78, 5) is 17.8. The van der Waals surface area contributed by atoms with E-state index in [1.807, 2.05) is 10.7 Å². The van der Waals surface area contributed by atoms with Gasteiger partial charge in [0, 0.05) is 25.2 Å². The molecular weight excluding hydrogens is 290 g/mol. The summed E-state index contributed by atoms with van der Waals surface area (Å²) in [5.41, 5.74) is 2.14. The number of rotatable bonds is 4. The van der Waals surface area contributed by atoms with Crippen molar-refractivity contribution in [1.82, 2.24) is 14.8 Å². The molecule has 0 N–H and O–H groups in total. The Kier molecular flexibility index (Phi) is 4.38. The molecule has 6 nitrogen and oxygen atoms in total. The van der Waals surface area contributed by atoms with Crippen LogP contribution in [0.2, 0.25) is 0 Å². The molecule has 118 valence electrons. The van der Waals surface area contributed by atoms with Crippen molar-refractivity contribution in [3.8, 4) is 6.07 Å². The molecule has 2 heterocycles. The molecule has 1 aliphatic heterocycles. The predicted molar refractivity (Wildman–Crippen MR) is 86.1 cm³/mol. The van der Waals surface area contributed by atoms with Gasteiger partial charge in [-0.15, -0.1) is 0 Å². The number of carbonyl (C=O) groups is 1. The number of piperidine rings is 1. The minimum absolute atomic E-state index is 0.0203. The lowest BCUT2D eigenvalue weighted by Crippen LogP contribution is -2.37. The number of benzene rings is 1. The number of ketones is 1. The Balaban J connectivity index is 1.81. The van der Waals surface area contributed by atoms with Crippen molar-refractivity contribution in [1.29, 1.82) is 5.26 Å². The molecule has 0 amide bonds. The van der Waals surface area contributed by atoms with Crippen LogP contribution in [0.3, 0.4) is 0 Å². The van der Waals surface area contributed by atoms with Crippen molar-refractivity contribution < 1.29 is 4.79 Å². The third kappa shape index (κ3) is 3.39. The number of aromatic nitrogens is 3. The zero-order valence-electron chi connectivity index (χ0n) is 13.1. The molecule has 1 unspecified atom stereocenters. The Morgan fingerprint density at radius 1 is 1.48 bits per heavy atom. The van der Waals surface area contributed by atoms with Gasteiger partial charge in [-0.3, -0.25) is 9.48 Å². The molecular formula is C17H19N5O. The second-order valence-corrected chi connectivity index (χ2v) is 5.97. The topological polar surface area (TPSA) is 74.8 Å². The van der Waals surface area contributed by atoms with E-state index in [-0.39, 0.29) is 5.78 Å². The number of carbonyl (C=O) groups excluding carboxylic acids is 1. The molecule has 1 aliphatic rings. The third-order valence-corrected chi connectivity index (χ3v) is 4.30. The zero-order valence-corrected chi connectivity index (χ0v) is 13.1. The van der Waals surface area contributed by atoms with Gasteiger partial charge < -0.3 is 4.90 Å². The maximum Gasteiger partial charge on any atom is 0.159 e. The molecule has 23 heavy (non-hydrogen) atoms. The van der Waals surface area contributed by atoms with Crippen LogP contribution >= 0.6 is 0 Å². The fraction of sp³-hybridized carbons (Fsp3) is 0.412. The highest BCUT2D eigenvalue weighted by Crippen LogP contribution is 2.28. The van der Waals surface area contributed by atoms with E-state index in [0.29, 0.717) is 17.0 Å². The number of nitrogens with zero attached hydrogens (tertiary/aromatic N) is 5. The van der Waals surface area contributed by atoms with Crippen LogP contribution < -0.4 is 4.90 Å². The summed E-state index contributed by atoms with van der Waals surface area (Å²) in [5.74, 6) is 0.477. The Bertz CT molecular complexity index is 732. The monoisotopic (exact) mass is 309 g/mol. The minimum atomic E-state index is 0.0203. The molecule has 0 aliphatic carbocycles. The molecule has 0 radical (unpaired) electrons. The first-order valence-corrected chi connectivity index (χ1v) is 7.80. The van der Waals surface area contributed by atoms with Gasteiger partial charge in [-0.05, 0) is 43.9 Å². The second kappa shape index (κ2) is 6.61. The van der Waals surface area contributed by atoms with Crippen molar-refractivity contribution >= 4 is 11.5 Å². The summed E-state index contributed by atoms with van der Waals surface area (Å²) in [7, 11) is 0. The molecule has 1 atom stereocenters. The van der Waals surface area contributed by atoms with Crippen LogP contribution in [0.5, 0.6) is 0 Å².